The molecule has 6 nitrogen and oxygen atoms in total. The predicted molar refractivity (Wildman–Crippen MR) is 184 cm³/mol. The molecule has 234 valence electrons. The molecule has 3 aromatic carbocycles. The number of pyridine rings is 1. The summed E-state index contributed by atoms with van der Waals surface area (Å²) in [6.45, 7) is 6.28. The Balaban J connectivity index is 1.32. The number of halogens is 1. The van der Waals surface area contributed by atoms with Crippen LogP contribution in [-0.2, 0) is 22.4 Å². The third kappa shape index (κ3) is 7.16. The number of rotatable bonds is 12. The predicted octanol–water partition coefficient (Wildman–Crippen LogP) is 8.51. The van der Waals surface area contributed by atoms with E-state index in [9.17, 15) is 0 Å². The van der Waals surface area contributed by atoms with Crippen LogP contribution in [0.3, 0.4) is 0 Å². The third-order valence-corrected chi connectivity index (χ3v) is 9.60. The Kier molecular flexibility index (Phi) is 9.98. The van der Waals surface area contributed by atoms with E-state index in [2.05, 4.69) is 104 Å². The van der Waals surface area contributed by atoms with Gasteiger partial charge in [-0.25, -0.2) is 9.98 Å². The summed E-state index contributed by atoms with van der Waals surface area (Å²) < 4.78 is 18.1. The lowest BCUT2D eigenvalue weighted by atomic mass is 9.88. The lowest BCUT2D eigenvalue weighted by Gasteiger charge is -2.29. The van der Waals surface area contributed by atoms with Crippen LogP contribution in [-0.4, -0.2) is 49.5 Å². The largest absolute Gasteiger partial charge is 0.493 e. The van der Waals surface area contributed by atoms with Crippen molar-refractivity contribution in [3.8, 4) is 5.75 Å². The van der Waals surface area contributed by atoms with Gasteiger partial charge in [-0.15, -0.1) is 11.8 Å². The van der Waals surface area contributed by atoms with Crippen molar-refractivity contribution in [3.05, 3.63) is 118 Å². The molecule has 0 saturated carbocycles. The highest BCUT2D eigenvalue weighted by molar-refractivity contribution is 7.98. The molecule has 0 aliphatic carbocycles. The summed E-state index contributed by atoms with van der Waals surface area (Å²) in [6, 6.07) is 29.8. The number of methoxy groups -OCH3 is 1. The third-order valence-electron chi connectivity index (χ3n) is 8.56. The Hall–Kier alpha value is -3.52. The Bertz CT molecular complexity index is 1630. The molecule has 8 heteroatoms. The maximum Gasteiger partial charge on any atom is 0.185 e. The van der Waals surface area contributed by atoms with Crippen LogP contribution < -0.4 is 9.64 Å². The van der Waals surface area contributed by atoms with Crippen molar-refractivity contribution in [2.75, 3.05) is 31.5 Å². The first kappa shape index (κ1) is 31.5. The van der Waals surface area contributed by atoms with Crippen molar-refractivity contribution in [3.63, 3.8) is 0 Å². The van der Waals surface area contributed by atoms with E-state index in [0.29, 0.717) is 30.7 Å². The minimum Gasteiger partial charge on any atom is -0.493 e. The summed E-state index contributed by atoms with van der Waals surface area (Å²) in [6.07, 6.45) is 3.33. The number of aliphatic imine (C=N–C) groups is 1. The van der Waals surface area contributed by atoms with Crippen LogP contribution >= 0.6 is 23.4 Å². The normalized spacial score (nSPS) is 17.9. The van der Waals surface area contributed by atoms with E-state index in [0.717, 1.165) is 41.2 Å². The summed E-state index contributed by atoms with van der Waals surface area (Å²) in [4.78, 5) is 13.5. The fraction of sp³-hybridized carbons (Fsp3) is 0.351. The first-order chi connectivity index (χ1) is 21.9. The monoisotopic (exact) mass is 641 g/mol. The maximum atomic E-state index is 7.09. The quantitative estimate of drug-likeness (QED) is 0.114. The maximum absolute atomic E-state index is 7.09. The Labute approximate surface area is 275 Å². The van der Waals surface area contributed by atoms with Gasteiger partial charge in [-0.1, -0.05) is 72.3 Å². The van der Waals surface area contributed by atoms with Crippen LogP contribution in [0, 0.1) is 0 Å². The standard InChI is InChI=1S/C37H40ClN3O3S/c1-24(2)41(22-25-8-6-5-7-9-25)34-17-16-30(37(38)40-34)31(28-11-10-26-18-19-43-33(26)20-28)21-35-39-32(23-42-3)36(44-35)27-12-14-29(45-4)15-13-27/h5-17,20,24,31-32,36H,18-19,21-23H2,1-4H3/t31-,32?,36-/m0/s1. The van der Waals surface area contributed by atoms with Gasteiger partial charge in [-0.2, -0.15) is 0 Å². The van der Waals surface area contributed by atoms with E-state index in [1.165, 1.54) is 16.0 Å². The van der Waals surface area contributed by atoms with Gasteiger partial charge in [0.25, 0.3) is 0 Å². The minimum absolute atomic E-state index is 0.130. The second-order valence-electron chi connectivity index (χ2n) is 11.8. The first-order valence-electron chi connectivity index (χ1n) is 15.5. The molecule has 0 amide bonds. The van der Waals surface area contributed by atoms with Crippen molar-refractivity contribution >= 4 is 35.1 Å². The summed E-state index contributed by atoms with van der Waals surface area (Å²) in [7, 11) is 1.71. The zero-order valence-corrected chi connectivity index (χ0v) is 27.9. The molecule has 3 atom stereocenters. The number of aromatic nitrogens is 1. The van der Waals surface area contributed by atoms with Gasteiger partial charge in [-0.3, -0.25) is 0 Å². The molecule has 4 aromatic rings. The van der Waals surface area contributed by atoms with Gasteiger partial charge in [-0.05, 0) is 72.2 Å². The number of ether oxygens (including phenoxy) is 3. The van der Waals surface area contributed by atoms with Crippen LogP contribution in [0.25, 0.3) is 0 Å². The Morgan fingerprint density at radius 2 is 1.82 bits per heavy atom. The van der Waals surface area contributed by atoms with Gasteiger partial charge in [0.05, 0.1) is 13.2 Å². The number of hydrogen-bond donors (Lipinski definition) is 0. The summed E-state index contributed by atoms with van der Waals surface area (Å²) in [5.41, 5.74) is 5.58. The second-order valence-corrected chi connectivity index (χ2v) is 13.1. The summed E-state index contributed by atoms with van der Waals surface area (Å²) >= 11 is 8.81. The van der Waals surface area contributed by atoms with Gasteiger partial charge >= 0.3 is 0 Å². The molecule has 1 aromatic heterocycles. The SMILES string of the molecule is COCC1N=C(C[C@@H](c2ccc3c(c2)OCC3)c2ccc(N(Cc3ccccc3)C(C)C)nc2Cl)O[C@H]1c1ccc(SC)cc1. The number of hydrogen-bond acceptors (Lipinski definition) is 7. The Morgan fingerprint density at radius 1 is 1.02 bits per heavy atom. The zero-order chi connectivity index (χ0) is 31.3. The molecule has 2 aliphatic heterocycles. The van der Waals surface area contributed by atoms with Gasteiger partial charge in [0.1, 0.15) is 28.9 Å². The number of thioether (sulfide) groups is 1. The van der Waals surface area contributed by atoms with Crippen molar-refractivity contribution in [2.45, 2.75) is 62.2 Å². The molecule has 2 aliphatic rings. The second kappa shape index (κ2) is 14.3. The van der Waals surface area contributed by atoms with Crippen LogP contribution in [0.1, 0.15) is 60.1 Å². The lowest BCUT2D eigenvalue weighted by Crippen LogP contribution is -2.31. The molecule has 0 spiro atoms. The molecule has 0 saturated heterocycles. The van der Waals surface area contributed by atoms with Crippen LogP contribution in [0.2, 0.25) is 5.15 Å². The van der Waals surface area contributed by atoms with Gasteiger partial charge in [0.15, 0.2) is 5.90 Å². The summed E-state index contributed by atoms with van der Waals surface area (Å²) in [5, 5.41) is 0.480. The van der Waals surface area contributed by atoms with E-state index in [1.54, 1.807) is 18.9 Å². The van der Waals surface area contributed by atoms with Crippen LogP contribution in [0.4, 0.5) is 5.82 Å². The highest BCUT2D eigenvalue weighted by Gasteiger charge is 2.35. The zero-order valence-electron chi connectivity index (χ0n) is 26.3. The fourth-order valence-electron chi connectivity index (χ4n) is 6.13. The smallest absolute Gasteiger partial charge is 0.185 e. The van der Waals surface area contributed by atoms with Crippen molar-refractivity contribution in [1.82, 2.24) is 4.98 Å². The number of anilines is 1. The molecule has 0 bridgehead atoms. The molecule has 3 heterocycles. The molecular formula is C37H40ClN3O3S. The van der Waals surface area contributed by atoms with Crippen molar-refractivity contribution < 1.29 is 14.2 Å². The fourth-order valence-corrected chi connectivity index (χ4v) is 6.82. The lowest BCUT2D eigenvalue weighted by molar-refractivity contribution is 0.118. The van der Waals surface area contributed by atoms with Gasteiger partial charge in [0, 0.05) is 43.4 Å². The average Bonchev–Trinajstić information content (AvgIpc) is 3.70. The summed E-state index contributed by atoms with van der Waals surface area (Å²) in [5.74, 6) is 2.34. The highest BCUT2D eigenvalue weighted by Crippen LogP contribution is 2.40. The Morgan fingerprint density at radius 3 is 2.53 bits per heavy atom. The number of fused-ring (bicyclic) bond motifs is 1. The van der Waals surface area contributed by atoms with E-state index < -0.39 is 0 Å². The minimum atomic E-state index is -0.214. The number of nitrogens with zero attached hydrogens (tertiary/aromatic N) is 3. The van der Waals surface area contributed by atoms with Crippen molar-refractivity contribution in [2.24, 2.45) is 4.99 Å². The molecule has 0 radical (unpaired) electrons. The number of benzene rings is 3. The van der Waals surface area contributed by atoms with E-state index in [-0.39, 0.29) is 24.1 Å². The highest BCUT2D eigenvalue weighted by atomic mass is 35.5. The first-order valence-corrected chi connectivity index (χ1v) is 17.1. The topological polar surface area (TPSA) is 56.2 Å². The van der Waals surface area contributed by atoms with Gasteiger partial charge < -0.3 is 19.1 Å². The van der Waals surface area contributed by atoms with E-state index in [1.807, 2.05) is 6.07 Å². The van der Waals surface area contributed by atoms with Crippen LogP contribution in [0.5, 0.6) is 5.75 Å². The van der Waals surface area contributed by atoms with E-state index in [4.69, 9.17) is 35.8 Å². The van der Waals surface area contributed by atoms with Crippen LogP contribution in [0.15, 0.2) is 94.8 Å². The van der Waals surface area contributed by atoms with Gasteiger partial charge in [0.2, 0.25) is 0 Å². The molecule has 6 rings (SSSR count). The molecule has 45 heavy (non-hydrogen) atoms. The van der Waals surface area contributed by atoms with E-state index >= 15 is 0 Å². The molecule has 0 fully saturated rings. The molecule has 0 N–H and O–H groups in total. The molecule has 1 unspecified atom stereocenters. The van der Waals surface area contributed by atoms with Crippen molar-refractivity contribution in [1.29, 1.82) is 0 Å². The molecular weight excluding hydrogens is 602 g/mol. The average molecular weight is 642 g/mol.